The fourth-order valence-corrected chi connectivity index (χ4v) is 4.11. The third kappa shape index (κ3) is 6.21. The van der Waals surface area contributed by atoms with Gasteiger partial charge in [-0.05, 0) is 75.7 Å². The van der Waals surface area contributed by atoms with Gasteiger partial charge in [-0.15, -0.1) is 6.42 Å². The first kappa shape index (κ1) is 28.5. The van der Waals surface area contributed by atoms with Gasteiger partial charge in [0, 0.05) is 22.8 Å². The maximum atomic E-state index is 14.9. The molecule has 0 unspecified atom stereocenters. The Morgan fingerprint density at radius 3 is 2.55 bits per heavy atom. The summed E-state index contributed by atoms with van der Waals surface area (Å²) in [5.74, 6) is 1.14. The number of aliphatic hydroxyl groups is 1. The minimum Gasteiger partial charge on any atom is -0.489 e. The highest BCUT2D eigenvalue weighted by Crippen LogP contribution is 2.40. The predicted molar refractivity (Wildman–Crippen MR) is 151 cm³/mol. The van der Waals surface area contributed by atoms with Gasteiger partial charge in [-0.25, -0.2) is 9.97 Å². The standard InChI is InChI=1S/C30H31F2N5O3/c1-6-20-14-26-25(16-27(20)40-11-10-39-24-8-7-9-34-17-24)28(37-19(3)36-26)35-18(2)21-12-22(15-23(33)13-21)30(31,32)29(4,5)38/h1,7-9,12-18,38H,10-11,33H2,2-5H3,(H,35,36,37)/t18-/m1/s1. The summed E-state index contributed by atoms with van der Waals surface area (Å²) in [6.45, 7) is 6.15. The van der Waals surface area contributed by atoms with Crippen LogP contribution in [0.3, 0.4) is 0 Å². The van der Waals surface area contributed by atoms with E-state index in [1.54, 1.807) is 56.6 Å². The van der Waals surface area contributed by atoms with Crippen LogP contribution in [0.15, 0.2) is 54.9 Å². The summed E-state index contributed by atoms with van der Waals surface area (Å²) in [4.78, 5) is 13.1. The number of nitrogens with zero attached hydrogens (tertiary/aromatic N) is 3. The Labute approximate surface area is 231 Å². The molecular weight excluding hydrogens is 516 g/mol. The number of alkyl halides is 2. The number of ether oxygens (including phenoxy) is 2. The first-order valence-corrected chi connectivity index (χ1v) is 12.6. The fourth-order valence-electron chi connectivity index (χ4n) is 4.11. The molecule has 0 bridgehead atoms. The minimum atomic E-state index is -3.52. The van der Waals surface area contributed by atoms with E-state index in [9.17, 15) is 13.9 Å². The highest BCUT2D eigenvalue weighted by Gasteiger charge is 2.47. The van der Waals surface area contributed by atoms with Crippen LogP contribution in [0.2, 0.25) is 0 Å². The number of terminal acetylenes is 1. The van der Waals surface area contributed by atoms with Gasteiger partial charge in [-0.3, -0.25) is 4.98 Å². The van der Waals surface area contributed by atoms with Crippen molar-refractivity contribution in [2.45, 2.75) is 45.3 Å². The average Bonchev–Trinajstić information content (AvgIpc) is 2.90. The van der Waals surface area contributed by atoms with E-state index in [-0.39, 0.29) is 24.5 Å². The molecule has 0 amide bonds. The van der Waals surface area contributed by atoms with Crippen LogP contribution >= 0.6 is 0 Å². The van der Waals surface area contributed by atoms with E-state index in [2.05, 4.69) is 26.2 Å². The van der Waals surface area contributed by atoms with Crippen molar-refractivity contribution >= 4 is 22.4 Å². The molecular formula is C30H31F2N5O3. The van der Waals surface area contributed by atoms with Crippen LogP contribution in [0.5, 0.6) is 11.5 Å². The first-order valence-electron chi connectivity index (χ1n) is 12.6. The Balaban J connectivity index is 1.62. The molecule has 2 aromatic carbocycles. The van der Waals surface area contributed by atoms with Crippen LogP contribution in [0.1, 0.15) is 49.3 Å². The number of nitrogens with two attached hydrogens (primary N) is 1. The van der Waals surface area contributed by atoms with Crippen molar-refractivity contribution in [3.8, 4) is 23.8 Å². The molecule has 0 saturated carbocycles. The summed E-state index contributed by atoms with van der Waals surface area (Å²) in [5.41, 5.74) is 5.07. The second-order valence-corrected chi connectivity index (χ2v) is 9.90. The molecule has 8 nitrogen and oxygen atoms in total. The van der Waals surface area contributed by atoms with Gasteiger partial charge in [-0.1, -0.05) is 5.92 Å². The molecule has 1 atom stereocenters. The zero-order valence-electron chi connectivity index (χ0n) is 22.7. The van der Waals surface area contributed by atoms with E-state index in [1.807, 2.05) is 0 Å². The zero-order chi connectivity index (χ0) is 29.1. The minimum absolute atomic E-state index is 0.150. The van der Waals surface area contributed by atoms with E-state index < -0.39 is 17.6 Å². The van der Waals surface area contributed by atoms with Gasteiger partial charge >= 0.3 is 5.92 Å². The van der Waals surface area contributed by atoms with Crippen molar-refractivity contribution < 1.29 is 23.4 Å². The maximum absolute atomic E-state index is 14.9. The maximum Gasteiger partial charge on any atom is 0.300 e. The lowest BCUT2D eigenvalue weighted by molar-refractivity contribution is -0.168. The highest BCUT2D eigenvalue weighted by atomic mass is 19.3. The lowest BCUT2D eigenvalue weighted by Crippen LogP contribution is -2.40. The SMILES string of the molecule is C#Cc1cc2nc(C)nc(N[C@H](C)c3cc(N)cc(C(F)(F)C(C)(C)O)c3)c2cc1OCCOc1cccnc1. The summed E-state index contributed by atoms with van der Waals surface area (Å²) < 4.78 is 41.4. The van der Waals surface area contributed by atoms with E-state index in [0.717, 1.165) is 13.8 Å². The van der Waals surface area contributed by atoms with Crippen molar-refractivity contribution in [1.82, 2.24) is 15.0 Å². The van der Waals surface area contributed by atoms with Crippen LogP contribution in [-0.2, 0) is 5.92 Å². The van der Waals surface area contributed by atoms with Gasteiger partial charge in [-0.2, -0.15) is 8.78 Å². The lowest BCUT2D eigenvalue weighted by Gasteiger charge is -2.30. The molecule has 0 spiro atoms. The van der Waals surface area contributed by atoms with Gasteiger partial charge < -0.3 is 25.6 Å². The van der Waals surface area contributed by atoms with Gasteiger partial charge in [0.05, 0.1) is 23.3 Å². The first-order chi connectivity index (χ1) is 18.9. The van der Waals surface area contributed by atoms with E-state index in [1.165, 1.54) is 12.1 Å². The molecule has 0 aliphatic carbocycles. The van der Waals surface area contributed by atoms with Crippen molar-refractivity contribution in [2.24, 2.45) is 0 Å². The molecule has 4 aromatic rings. The van der Waals surface area contributed by atoms with Gasteiger partial charge in [0.2, 0.25) is 0 Å². The Bertz CT molecular complexity index is 1550. The molecule has 2 aromatic heterocycles. The van der Waals surface area contributed by atoms with Crippen LogP contribution in [-0.4, -0.2) is 38.9 Å². The summed E-state index contributed by atoms with van der Waals surface area (Å²) >= 11 is 0. The number of nitrogen functional groups attached to an aromatic ring is 1. The molecule has 0 radical (unpaired) electrons. The molecule has 40 heavy (non-hydrogen) atoms. The topological polar surface area (TPSA) is 115 Å². The number of pyridine rings is 1. The number of hydrogen-bond acceptors (Lipinski definition) is 8. The normalized spacial score (nSPS) is 12.6. The molecule has 0 fully saturated rings. The smallest absolute Gasteiger partial charge is 0.300 e. The number of hydrogen-bond donors (Lipinski definition) is 3. The van der Waals surface area contributed by atoms with Crippen molar-refractivity contribution in [3.63, 3.8) is 0 Å². The second kappa shape index (κ2) is 11.3. The molecule has 0 saturated heterocycles. The van der Waals surface area contributed by atoms with Crippen LogP contribution in [0, 0.1) is 19.3 Å². The summed E-state index contributed by atoms with van der Waals surface area (Å²) in [7, 11) is 0. The number of halogens is 2. The number of benzene rings is 2. The van der Waals surface area contributed by atoms with E-state index in [0.29, 0.717) is 45.2 Å². The number of aryl methyl sites for hydroxylation is 1. The largest absolute Gasteiger partial charge is 0.489 e. The Morgan fingerprint density at radius 1 is 1.12 bits per heavy atom. The van der Waals surface area contributed by atoms with Crippen LogP contribution in [0.25, 0.3) is 10.9 Å². The van der Waals surface area contributed by atoms with Gasteiger partial charge in [0.1, 0.15) is 42.0 Å². The molecule has 208 valence electrons. The second-order valence-electron chi connectivity index (χ2n) is 9.90. The molecule has 0 aliphatic heterocycles. The molecule has 4 rings (SSSR count). The van der Waals surface area contributed by atoms with Crippen LogP contribution < -0.4 is 20.5 Å². The number of fused-ring (bicyclic) bond motifs is 1. The summed E-state index contributed by atoms with van der Waals surface area (Å²) in [6.07, 6.45) is 9.01. The molecule has 2 heterocycles. The molecule has 0 aliphatic rings. The van der Waals surface area contributed by atoms with E-state index in [4.69, 9.17) is 21.6 Å². The van der Waals surface area contributed by atoms with Crippen molar-refractivity contribution in [3.05, 3.63) is 77.4 Å². The highest BCUT2D eigenvalue weighted by molar-refractivity contribution is 5.92. The lowest BCUT2D eigenvalue weighted by atomic mass is 9.91. The van der Waals surface area contributed by atoms with Crippen molar-refractivity contribution in [1.29, 1.82) is 0 Å². The Hall–Kier alpha value is -4.49. The number of nitrogens with one attached hydrogen (secondary N) is 1. The number of aromatic nitrogens is 3. The zero-order valence-corrected chi connectivity index (χ0v) is 22.7. The number of rotatable bonds is 10. The average molecular weight is 548 g/mol. The predicted octanol–water partition coefficient (Wildman–Crippen LogP) is 5.39. The monoisotopic (exact) mass is 547 g/mol. The third-order valence-corrected chi connectivity index (χ3v) is 6.27. The number of anilines is 2. The Morgan fingerprint density at radius 2 is 1.88 bits per heavy atom. The Kier molecular flexibility index (Phi) is 8.07. The van der Waals surface area contributed by atoms with Crippen LogP contribution in [0.4, 0.5) is 20.3 Å². The molecule has 4 N–H and O–H groups in total. The van der Waals surface area contributed by atoms with Gasteiger partial charge in [0.25, 0.3) is 0 Å². The summed E-state index contributed by atoms with van der Waals surface area (Å²) in [6, 6.07) is 10.7. The fraction of sp³-hybridized carbons (Fsp3) is 0.300. The van der Waals surface area contributed by atoms with Crippen molar-refractivity contribution in [2.75, 3.05) is 24.3 Å². The summed E-state index contributed by atoms with van der Waals surface area (Å²) in [5, 5.41) is 14.0. The molecule has 10 heteroatoms. The quantitative estimate of drug-likeness (QED) is 0.138. The van der Waals surface area contributed by atoms with Gasteiger partial charge in [0.15, 0.2) is 0 Å². The van der Waals surface area contributed by atoms with E-state index >= 15 is 0 Å². The third-order valence-electron chi connectivity index (χ3n) is 6.27.